The molecule has 1 aromatic rings. The van der Waals surface area contributed by atoms with Crippen molar-refractivity contribution in [1.82, 2.24) is 10.2 Å². The van der Waals surface area contributed by atoms with E-state index in [1.54, 1.807) is 0 Å². The van der Waals surface area contributed by atoms with Crippen molar-refractivity contribution in [2.45, 2.75) is 52.5 Å². The summed E-state index contributed by atoms with van der Waals surface area (Å²) in [6.45, 7) is 8.09. The Hall–Kier alpha value is -0.720. The third kappa shape index (κ3) is 5.04. The second-order valence-electron chi connectivity index (χ2n) is 4.72. The molecule has 0 aliphatic carbocycles. The van der Waals surface area contributed by atoms with Gasteiger partial charge in [0.25, 0.3) is 0 Å². The van der Waals surface area contributed by atoms with Gasteiger partial charge in [-0.05, 0) is 18.8 Å². The number of carbonyl (C=O) groups excluding carboxylic acids is 1. The van der Waals surface area contributed by atoms with Crippen molar-refractivity contribution in [3.05, 3.63) is 5.01 Å². The predicted octanol–water partition coefficient (Wildman–Crippen LogP) is 2.79. The standard InChI is InChI=1S/C12H22N4OS.ClH/c1-5-8(6-2)11-15-16-12(18-11)14-10(17)9(13)7(3)4;/h7-9H,5-6,13H2,1-4H3,(H,14,16,17);1H/t9-;/m0./s1. The van der Waals surface area contributed by atoms with Gasteiger partial charge >= 0.3 is 0 Å². The van der Waals surface area contributed by atoms with Gasteiger partial charge in [-0.25, -0.2) is 0 Å². The molecule has 0 radical (unpaired) electrons. The van der Waals surface area contributed by atoms with Crippen LogP contribution in [-0.4, -0.2) is 22.1 Å². The van der Waals surface area contributed by atoms with E-state index >= 15 is 0 Å². The summed E-state index contributed by atoms with van der Waals surface area (Å²) in [5.41, 5.74) is 5.77. The van der Waals surface area contributed by atoms with Gasteiger partial charge in [-0.1, -0.05) is 39.0 Å². The van der Waals surface area contributed by atoms with Crippen LogP contribution >= 0.6 is 23.7 Å². The van der Waals surface area contributed by atoms with Gasteiger partial charge in [0.1, 0.15) is 5.01 Å². The molecule has 0 saturated heterocycles. The lowest BCUT2D eigenvalue weighted by Crippen LogP contribution is -2.39. The molecule has 0 saturated carbocycles. The van der Waals surface area contributed by atoms with E-state index < -0.39 is 6.04 Å². The molecule has 7 heteroatoms. The van der Waals surface area contributed by atoms with Crippen LogP contribution < -0.4 is 11.1 Å². The molecule has 1 rings (SSSR count). The Morgan fingerprint density at radius 2 is 1.89 bits per heavy atom. The minimum atomic E-state index is -0.509. The minimum absolute atomic E-state index is 0. The van der Waals surface area contributed by atoms with E-state index in [0.717, 1.165) is 17.8 Å². The van der Waals surface area contributed by atoms with Gasteiger partial charge in [0.05, 0.1) is 6.04 Å². The first-order chi connectivity index (χ1) is 8.49. The number of nitrogens with zero attached hydrogens (tertiary/aromatic N) is 2. The Kier molecular flexibility index (Phi) is 8.13. The van der Waals surface area contributed by atoms with E-state index in [1.807, 2.05) is 13.8 Å². The molecule has 0 spiro atoms. The highest BCUT2D eigenvalue weighted by Crippen LogP contribution is 2.28. The summed E-state index contributed by atoms with van der Waals surface area (Å²) in [5.74, 6) is 0.334. The van der Waals surface area contributed by atoms with E-state index in [1.165, 1.54) is 11.3 Å². The molecule has 0 bridgehead atoms. The number of amides is 1. The lowest BCUT2D eigenvalue weighted by atomic mass is 10.1. The van der Waals surface area contributed by atoms with E-state index in [9.17, 15) is 4.79 Å². The zero-order valence-corrected chi connectivity index (χ0v) is 13.5. The maximum Gasteiger partial charge on any atom is 0.243 e. The largest absolute Gasteiger partial charge is 0.320 e. The number of nitrogens with two attached hydrogens (primary N) is 1. The first-order valence-electron chi connectivity index (χ1n) is 6.39. The van der Waals surface area contributed by atoms with Gasteiger partial charge in [0.15, 0.2) is 0 Å². The van der Waals surface area contributed by atoms with Crippen LogP contribution in [0.2, 0.25) is 0 Å². The smallest absolute Gasteiger partial charge is 0.243 e. The number of hydrogen-bond acceptors (Lipinski definition) is 5. The van der Waals surface area contributed by atoms with Crippen LogP contribution in [0.4, 0.5) is 5.13 Å². The van der Waals surface area contributed by atoms with Crippen LogP contribution in [0.3, 0.4) is 0 Å². The first-order valence-corrected chi connectivity index (χ1v) is 7.21. The SMILES string of the molecule is CCC(CC)c1nnc(NC(=O)[C@@H](N)C(C)C)s1.Cl. The highest BCUT2D eigenvalue weighted by Gasteiger charge is 2.20. The van der Waals surface area contributed by atoms with E-state index in [2.05, 4.69) is 29.4 Å². The van der Waals surface area contributed by atoms with Crippen LogP contribution in [0.1, 0.15) is 51.5 Å². The topological polar surface area (TPSA) is 80.9 Å². The number of rotatable bonds is 6. The summed E-state index contributed by atoms with van der Waals surface area (Å²) in [5, 5.41) is 12.4. The fraction of sp³-hybridized carbons (Fsp3) is 0.750. The molecule has 110 valence electrons. The molecular formula is C12H23ClN4OS. The van der Waals surface area contributed by atoms with Crippen LogP contribution in [0, 0.1) is 5.92 Å². The summed E-state index contributed by atoms with van der Waals surface area (Å²) < 4.78 is 0. The van der Waals surface area contributed by atoms with E-state index in [0.29, 0.717) is 11.0 Å². The number of halogens is 1. The third-order valence-corrected chi connectivity index (χ3v) is 4.03. The molecule has 1 amide bonds. The summed E-state index contributed by atoms with van der Waals surface area (Å²) in [7, 11) is 0. The average Bonchev–Trinajstić information content (AvgIpc) is 2.78. The van der Waals surface area contributed by atoms with Crippen molar-refractivity contribution in [3.63, 3.8) is 0 Å². The van der Waals surface area contributed by atoms with Crippen molar-refractivity contribution in [3.8, 4) is 0 Å². The van der Waals surface area contributed by atoms with Crippen molar-refractivity contribution in [2.24, 2.45) is 11.7 Å². The number of nitrogens with one attached hydrogen (secondary N) is 1. The number of aromatic nitrogens is 2. The van der Waals surface area contributed by atoms with Gasteiger partial charge in [-0.3, -0.25) is 10.1 Å². The second kappa shape index (κ2) is 8.45. The second-order valence-corrected chi connectivity index (χ2v) is 5.73. The van der Waals surface area contributed by atoms with Crippen LogP contribution in [0.15, 0.2) is 0 Å². The zero-order chi connectivity index (χ0) is 13.7. The molecule has 0 aromatic carbocycles. The Morgan fingerprint density at radius 1 is 1.32 bits per heavy atom. The average molecular weight is 307 g/mol. The van der Waals surface area contributed by atoms with Crippen molar-refractivity contribution < 1.29 is 4.79 Å². The van der Waals surface area contributed by atoms with Crippen LogP contribution in [0.25, 0.3) is 0 Å². The molecule has 3 N–H and O–H groups in total. The Morgan fingerprint density at radius 3 is 2.37 bits per heavy atom. The highest BCUT2D eigenvalue weighted by atomic mass is 35.5. The fourth-order valence-electron chi connectivity index (χ4n) is 1.58. The molecule has 0 unspecified atom stereocenters. The molecule has 1 atom stereocenters. The fourth-order valence-corrected chi connectivity index (χ4v) is 2.59. The normalized spacial score (nSPS) is 12.4. The Labute approximate surface area is 124 Å². The van der Waals surface area contributed by atoms with E-state index in [-0.39, 0.29) is 24.2 Å². The van der Waals surface area contributed by atoms with Crippen LogP contribution in [-0.2, 0) is 4.79 Å². The maximum atomic E-state index is 11.8. The number of anilines is 1. The van der Waals surface area contributed by atoms with Gasteiger partial charge in [-0.15, -0.1) is 22.6 Å². The first kappa shape index (κ1) is 18.3. The monoisotopic (exact) mass is 306 g/mol. The zero-order valence-electron chi connectivity index (χ0n) is 11.8. The number of hydrogen-bond donors (Lipinski definition) is 2. The van der Waals surface area contributed by atoms with Gasteiger partial charge in [0.2, 0.25) is 11.0 Å². The summed E-state index contributed by atoms with van der Waals surface area (Å²) in [6.07, 6.45) is 2.06. The predicted molar refractivity (Wildman–Crippen MR) is 81.9 cm³/mol. The Bertz CT molecular complexity index is 393. The quantitative estimate of drug-likeness (QED) is 0.847. The summed E-state index contributed by atoms with van der Waals surface area (Å²) in [6, 6.07) is -0.509. The molecule has 1 heterocycles. The van der Waals surface area contributed by atoms with Crippen molar-refractivity contribution in [2.75, 3.05) is 5.32 Å². The van der Waals surface area contributed by atoms with Gasteiger partial charge in [-0.2, -0.15) is 0 Å². The third-order valence-electron chi connectivity index (χ3n) is 3.03. The minimum Gasteiger partial charge on any atom is -0.320 e. The van der Waals surface area contributed by atoms with Crippen LogP contribution in [0.5, 0.6) is 0 Å². The van der Waals surface area contributed by atoms with E-state index in [4.69, 9.17) is 5.73 Å². The summed E-state index contributed by atoms with van der Waals surface area (Å²) in [4.78, 5) is 11.8. The summed E-state index contributed by atoms with van der Waals surface area (Å²) >= 11 is 1.44. The molecule has 5 nitrogen and oxygen atoms in total. The van der Waals surface area contributed by atoms with Gasteiger partial charge in [0, 0.05) is 5.92 Å². The molecule has 0 fully saturated rings. The van der Waals surface area contributed by atoms with Crippen molar-refractivity contribution in [1.29, 1.82) is 0 Å². The molecular weight excluding hydrogens is 284 g/mol. The lowest BCUT2D eigenvalue weighted by Gasteiger charge is -2.13. The lowest BCUT2D eigenvalue weighted by molar-refractivity contribution is -0.118. The number of carbonyl (C=O) groups is 1. The maximum absolute atomic E-state index is 11.8. The van der Waals surface area contributed by atoms with Gasteiger partial charge < -0.3 is 5.73 Å². The Balaban J connectivity index is 0.00000324. The van der Waals surface area contributed by atoms with Crippen molar-refractivity contribution >= 4 is 34.8 Å². The molecule has 19 heavy (non-hydrogen) atoms. The molecule has 1 aromatic heterocycles. The molecule has 0 aliphatic rings. The molecule has 0 aliphatic heterocycles. The highest BCUT2D eigenvalue weighted by molar-refractivity contribution is 7.15.